The maximum atomic E-state index is 12.7. The monoisotopic (exact) mass is 410 g/mol. The topological polar surface area (TPSA) is 84.9 Å². The molecular weight excluding hydrogens is 384 g/mol. The lowest BCUT2D eigenvalue weighted by Crippen LogP contribution is -2.28. The molecule has 1 saturated heterocycles. The first kappa shape index (κ1) is 21.4. The average molecular weight is 410 g/mol. The number of nitrogens with one attached hydrogen (secondary N) is 1. The fourth-order valence-corrected chi connectivity index (χ4v) is 3.34. The Labute approximate surface area is 176 Å². The summed E-state index contributed by atoms with van der Waals surface area (Å²) < 4.78 is 10.5. The van der Waals surface area contributed by atoms with E-state index in [2.05, 4.69) is 5.32 Å². The smallest absolute Gasteiger partial charge is 0.338 e. The van der Waals surface area contributed by atoms with E-state index in [9.17, 15) is 14.4 Å². The molecule has 1 heterocycles. The molecule has 2 aromatic rings. The fourth-order valence-electron chi connectivity index (χ4n) is 3.34. The summed E-state index contributed by atoms with van der Waals surface area (Å²) in [6.07, 6.45) is 0.885. The lowest BCUT2D eigenvalue weighted by Gasteiger charge is -2.20. The van der Waals surface area contributed by atoms with Crippen LogP contribution in [-0.4, -0.2) is 38.0 Å². The van der Waals surface area contributed by atoms with Crippen LogP contribution in [0.25, 0.3) is 0 Å². The van der Waals surface area contributed by atoms with Crippen molar-refractivity contribution in [2.45, 2.75) is 26.7 Å². The van der Waals surface area contributed by atoms with Crippen LogP contribution in [0.3, 0.4) is 0 Å². The standard InChI is InChI=1S/C23H26N2O5/c1-4-11-30-23(28)16-6-8-18(9-7-16)24-22(27)17-13-21(26)25(14-17)19-12-15(2)5-10-20(19)29-3/h5-10,12,17H,4,11,13-14H2,1-3H3,(H,24,27). The third kappa shape index (κ3) is 4.79. The Morgan fingerprint density at radius 2 is 1.90 bits per heavy atom. The molecule has 1 fully saturated rings. The maximum absolute atomic E-state index is 12.7. The van der Waals surface area contributed by atoms with Crippen LogP contribution in [0.1, 0.15) is 35.7 Å². The first-order valence-corrected chi connectivity index (χ1v) is 9.96. The number of hydrogen-bond acceptors (Lipinski definition) is 5. The number of rotatable bonds is 7. The molecule has 30 heavy (non-hydrogen) atoms. The van der Waals surface area contributed by atoms with E-state index in [0.717, 1.165) is 12.0 Å². The number of methoxy groups -OCH3 is 1. The number of carbonyl (C=O) groups excluding carboxylic acids is 3. The van der Waals surface area contributed by atoms with E-state index in [4.69, 9.17) is 9.47 Å². The number of ether oxygens (including phenoxy) is 2. The van der Waals surface area contributed by atoms with Crippen molar-refractivity contribution in [2.75, 3.05) is 30.5 Å². The number of amides is 2. The van der Waals surface area contributed by atoms with Gasteiger partial charge in [-0.05, 0) is 55.3 Å². The molecule has 1 N–H and O–H groups in total. The summed E-state index contributed by atoms with van der Waals surface area (Å²) in [6.45, 7) is 4.52. The van der Waals surface area contributed by atoms with Gasteiger partial charge in [0.1, 0.15) is 5.75 Å². The van der Waals surface area contributed by atoms with Gasteiger partial charge in [-0.25, -0.2) is 4.79 Å². The highest BCUT2D eigenvalue weighted by Crippen LogP contribution is 2.34. The number of esters is 1. The van der Waals surface area contributed by atoms with Crippen molar-refractivity contribution in [3.63, 3.8) is 0 Å². The van der Waals surface area contributed by atoms with Crippen LogP contribution in [0.2, 0.25) is 0 Å². The first-order valence-electron chi connectivity index (χ1n) is 9.96. The van der Waals surface area contributed by atoms with E-state index in [1.165, 1.54) is 0 Å². The molecule has 2 aromatic carbocycles. The van der Waals surface area contributed by atoms with Gasteiger partial charge in [-0.1, -0.05) is 13.0 Å². The lowest BCUT2D eigenvalue weighted by molar-refractivity contribution is -0.122. The predicted octanol–water partition coefficient (Wildman–Crippen LogP) is 3.56. The van der Waals surface area contributed by atoms with E-state index in [1.807, 2.05) is 32.0 Å². The quantitative estimate of drug-likeness (QED) is 0.706. The normalized spacial score (nSPS) is 15.8. The number of benzene rings is 2. The third-order valence-electron chi connectivity index (χ3n) is 4.95. The van der Waals surface area contributed by atoms with Crippen molar-refractivity contribution in [3.05, 3.63) is 53.6 Å². The van der Waals surface area contributed by atoms with E-state index >= 15 is 0 Å². The van der Waals surface area contributed by atoms with Gasteiger partial charge in [0.15, 0.2) is 0 Å². The molecule has 1 aliphatic heterocycles. The van der Waals surface area contributed by atoms with Crippen molar-refractivity contribution in [2.24, 2.45) is 5.92 Å². The molecule has 158 valence electrons. The van der Waals surface area contributed by atoms with Gasteiger partial charge in [-0.2, -0.15) is 0 Å². The van der Waals surface area contributed by atoms with Gasteiger partial charge >= 0.3 is 5.97 Å². The number of hydrogen-bond donors (Lipinski definition) is 1. The van der Waals surface area contributed by atoms with Crippen LogP contribution in [0.15, 0.2) is 42.5 Å². The Morgan fingerprint density at radius 3 is 2.57 bits per heavy atom. The van der Waals surface area contributed by atoms with Gasteiger partial charge < -0.3 is 19.7 Å². The Bertz CT molecular complexity index is 939. The maximum Gasteiger partial charge on any atom is 0.338 e. The Hall–Kier alpha value is -3.35. The number of aryl methyl sites for hydroxylation is 1. The largest absolute Gasteiger partial charge is 0.495 e. The third-order valence-corrected chi connectivity index (χ3v) is 4.95. The molecule has 1 unspecified atom stereocenters. The highest BCUT2D eigenvalue weighted by molar-refractivity contribution is 6.04. The zero-order valence-electron chi connectivity index (χ0n) is 17.4. The molecule has 1 atom stereocenters. The Kier molecular flexibility index (Phi) is 6.72. The van der Waals surface area contributed by atoms with Crippen LogP contribution in [0, 0.1) is 12.8 Å². The van der Waals surface area contributed by atoms with Crippen LogP contribution < -0.4 is 15.0 Å². The first-order chi connectivity index (χ1) is 14.4. The Morgan fingerprint density at radius 1 is 1.17 bits per heavy atom. The molecule has 0 bridgehead atoms. The molecule has 3 rings (SSSR count). The summed E-state index contributed by atoms with van der Waals surface area (Å²) in [5, 5.41) is 2.82. The van der Waals surface area contributed by atoms with Gasteiger partial charge in [-0.15, -0.1) is 0 Å². The second-order valence-corrected chi connectivity index (χ2v) is 7.28. The van der Waals surface area contributed by atoms with Crippen molar-refractivity contribution in [3.8, 4) is 5.75 Å². The minimum atomic E-state index is -0.475. The van der Waals surface area contributed by atoms with Crippen molar-refractivity contribution < 1.29 is 23.9 Å². The molecule has 0 aliphatic carbocycles. The van der Waals surface area contributed by atoms with Gasteiger partial charge in [0.2, 0.25) is 11.8 Å². The molecular formula is C23H26N2O5. The second kappa shape index (κ2) is 9.43. The zero-order chi connectivity index (χ0) is 21.7. The summed E-state index contributed by atoms with van der Waals surface area (Å²) >= 11 is 0. The van der Waals surface area contributed by atoms with E-state index in [-0.39, 0.29) is 30.7 Å². The summed E-state index contributed by atoms with van der Waals surface area (Å²) in [5.74, 6) is -0.622. The van der Waals surface area contributed by atoms with Crippen molar-refractivity contribution in [1.82, 2.24) is 0 Å². The van der Waals surface area contributed by atoms with Gasteiger partial charge in [0, 0.05) is 18.7 Å². The van der Waals surface area contributed by atoms with Gasteiger partial charge in [-0.3, -0.25) is 9.59 Å². The summed E-state index contributed by atoms with van der Waals surface area (Å²) in [5.41, 5.74) is 2.66. The van der Waals surface area contributed by atoms with E-state index in [1.54, 1.807) is 36.3 Å². The van der Waals surface area contributed by atoms with E-state index < -0.39 is 5.92 Å². The number of anilines is 2. The number of carbonyl (C=O) groups is 3. The Balaban J connectivity index is 1.65. The fraction of sp³-hybridized carbons (Fsp3) is 0.348. The van der Waals surface area contributed by atoms with E-state index in [0.29, 0.717) is 29.3 Å². The zero-order valence-corrected chi connectivity index (χ0v) is 17.4. The summed E-state index contributed by atoms with van der Waals surface area (Å²) in [4.78, 5) is 38.7. The van der Waals surface area contributed by atoms with Crippen LogP contribution >= 0.6 is 0 Å². The molecule has 7 nitrogen and oxygen atoms in total. The molecule has 0 spiro atoms. The lowest BCUT2D eigenvalue weighted by atomic mass is 10.1. The van der Waals surface area contributed by atoms with Gasteiger partial charge in [0.25, 0.3) is 0 Å². The van der Waals surface area contributed by atoms with Crippen LogP contribution in [0.4, 0.5) is 11.4 Å². The summed E-state index contributed by atoms with van der Waals surface area (Å²) in [7, 11) is 1.56. The highest BCUT2D eigenvalue weighted by atomic mass is 16.5. The minimum Gasteiger partial charge on any atom is -0.495 e. The SMILES string of the molecule is CCCOC(=O)c1ccc(NC(=O)C2CC(=O)N(c3cc(C)ccc3OC)C2)cc1. The number of nitrogens with zero attached hydrogens (tertiary/aromatic N) is 1. The minimum absolute atomic E-state index is 0.118. The average Bonchev–Trinajstić information content (AvgIpc) is 3.14. The summed E-state index contributed by atoms with van der Waals surface area (Å²) in [6, 6.07) is 12.1. The highest BCUT2D eigenvalue weighted by Gasteiger charge is 2.36. The predicted molar refractivity (Wildman–Crippen MR) is 114 cm³/mol. The second-order valence-electron chi connectivity index (χ2n) is 7.28. The molecule has 0 aromatic heterocycles. The molecule has 1 aliphatic rings. The molecule has 0 radical (unpaired) electrons. The van der Waals surface area contributed by atoms with Crippen molar-refractivity contribution >= 4 is 29.2 Å². The molecule has 2 amide bonds. The molecule has 0 saturated carbocycles. The van der Waals surface area contributed by atoms with Crippen LogP contribution in [0.5, 0.6) is 5.75 Å². The van der Waals surface area contributed by atoms with Crippen LogP contribution in [-0.2, 0) is 14.3 Å². The van der Waals surface area contributed by atoms with Gasteiger partial charge in [0.05, 0.1) is 30.9 Å². The van der Waals surface area contributed by atoms with Crippen molar-refractivity contribution in [1.29, 1.82) is 0 Å². The molecule has 7 heteroatoms.